The molecular weight excluding hydrogens is 310 g/mol. The van der Waals surface area contributed by atoms with Crippen LogP contribution in [-0.4, -0.2) is 38.8 Å². The predicted molar refractivity (Wildman–Crippen MR) is 101 cm³/mol. The third-order valence-electron chi connectivity index (χ3n) is 5.71. The van der Waals surface area contributed by atoms with Crippen LogP contribution in [0.15, 0.2) is 42.5 Å². The van der Waals surface area contributed by atoms with Crippen LogP contribution in [-0.2, 0) is 12.8 Å². The molecule has 2 unspecified atom stereocenters. The Balaban J connectivity index is 1.58. The van der Waals surface area contributed by atoms with Crippen LogP contribution in [0.5, 0.6) is 11.5 Å². The Hall–Kier alpha value is -2.00. The summed E-state index contributed by atoms with van der Waals surface area (Å²) in [5, 5.41) is 0. The van der Waals surface area contributed by atoms with Gasteiger partial charge in [0.1, 0.15) is 11.5 Å². The zero-order valence-corrected chi connectivity index (χ0v) is 15.2. The predicted octanol–water partition coefficient (Wildman–Crippen LogP) is 3.91. The van der Waals surface area contributed by atoms with E-state index in [1.165, 1.54) is 29.7 Å². The largest absolute Gasteiger partial charge is 0.497 e. The molecule has 0 saturated carbocycles. The van der Waals surface area contributed by atoms with Crippen molar-refractivity contribution < 1.29 is 9.47 Å². The molecule has 25 heavy (non-hydrogen) atoms. The molecule has 1 fully saturated rings. The monoisotopic (exact) mass is 337 g/mol. The number of likely N-dealkylation sites (tertiary alicyclic amines) is 1. The molecule has 4 rings (SSSR count). The van der Waals surface area contributed by atoms with Gasteiger partial charge in [0.2, 0.25) is 0 Å². The van der Waals surface area contributed by atoms with Gasteiger partial charge < -0.3 is 14.4 Å². The van der Waals surface area contributed by atoms with E-state index in [2.05, 4.69) is 54.4 Å². The molecule has 0 bridgehead atoms. The van der Waals surface area contributed by atoms with Gasteiger partial charge in [-0.1, -0.05) is 30.3 Å². The van der Waals surface area contributed by atoms with Gasteiger partial charge in [0, 0.05) is 37.1 Å². The SMILES string of the molecule is COc1cc2c(c(OCCc3ccccc3)c1)C1CN(C)CC1CC2. The molecule has 0 N–H and O–H groups in total. The van der Waals surface area contributed by atoms with Crippen molar-refractivity contribution in [3.05, 3.63) is 59.2 Å². The molecule has 0 amide bonds. The highest BCUT2D eigenvalue weighted by molar-refractivity contribution is 5.51. The number of methoxy groups -OCH3 is 1. The minimum Gasteiger partial charge on any atom is -0.497 e. The Labute approximate surface area is 150 Å². The molecule has 3 nitrogen and oxygen atoms in total. The van der Waals surface area contributed by atoms with Crippen LogP contribution in [0, 0.1) is 5.92 Å². The first kappa shape index (κ1) is 16.5. The highest BCUT2D eigenvalue weighted by Crippen LogP contribution is 2.46. The van der Waals surface area contributed by atoms with Crippen molar-refractivity contribution in [2.45, 2.75) is 25.2 Å². The van der Waals surface area contributed by atoms with Crippen molar-refractivity contribution in [1.29, 1.82) is 0 Å². The van der Waals surface area contributed by atoms with Gasteiger partial charge >= 0.3 is 0 Å². The van der Waals surface area contributed by atoms with Crippen molar-refractivity contribution in [3.63, 3.8) is 0 Å². The van der Waals surface area contributed by atoms with Crippen LogP contribution in [0.4, 0.5) is 0 Å². The lowest BCUT2D eigenvalue weighted by Crippen LogP contribution is -2.20. The first-order valence-electron chi connectivity index (χ1n) is 9.30. The second kappa shape index (κ2) is 7.09. The number of likely N-dealkylation sites (N-methyl/N-ethyl adjacent to an activating group) is 1. The van der Waals surface area contributed by atoms with E-state index in [0.29, 0.717) is 12.5 Å². The number of ether oxygens (including phenoxy) is 2. The summed E-state index contributed by atoms with van der Waals surface area (Å²) in [6.07, 6.45) is 3.34. The molecule has 3 heteroatoms. The summed E-state index contributed by atoms with van der Waals surface area (Å²) in [5.41, 5.74) is 4.18. The third kappa shape index (κ3) is 3.38. The van der Waals surface area contributed by atoms with Crippen LogP contribution in [0.2, 0.25) is 0 Å². The Kier molecular flexibility index (Phi) is 4.67. The summed E-state index contributed by atoms with van der Waals surface area (Å²) in [5.74, 6) is 3.32. The number of rotatable bonds is 5. The number of nitrogens with zero attached hydrogens (tertiary/aromatic N) is 1. The maximum Gasteiger partial charge on any atom is 0.126 e. The minimum absolute atomic E-state index is 0.603. The second-order valence-electron chi connectivity index (χ2n) is 7.41. The van der Waals surface area contributed by atoms with Crippen molar-refractivity contribution in [1.82, 2.24) is 4.90 Å². The van der Waals surface area contributed by atoms with Gasteiger partial charge in [0.25, 0.3) is 0 Å². The molecule has 1 heterocycles. The molecule has 0 aromatic heterocycles. The molecule has 132 valence electrons. The van der Waals surface area contributed by atoms with E-state index in [1.807, 2.05) is 0 Å². The van der Waals surface area contributed by atoms with Crippen LogP contribution < -0.4 is 9.47 Å². The van der Waals surface area contributed by atoms with Crippen LogP contribution in [0.1, 0.15) is 29.0 Å². The minimum atomic E-state index is 0.603. The van der Waals surface area contributed by atoms with Gasteiger partial charge in [-0.15, -0.1) is 0 Å². The molecule has 1 aliphatic carbocycles. The molecule has 1 aliphatic heterocycles. The topological polar surface area (TPSA) is 21.7 Å². The summed E-state index contributed by atoms with van der Waals surface area (Å²) >= 11 is 0. The first-order valence-corrected chi connectivity index (χ1v) is 9.30. The standard InChI is InChI=1S/C22H27NO2/c1-23-14-18-9-8-17-12-19(24-2)13-21(22(17)20(18)15-23)25-11-10-16-6-4-3-5-7-16/h3-7,12-13,18,20H,8-11,14-15H2,1-2H3. The van der Waals surface area contributed by atoms with E-state index in [4.69, 9.17) is 9.47 Å². The first-order chi connectivity index (χ1) is 12.2. The zero-order valence-electron chi connectivity index (χ0n) is 15.2. The highest BCUT2D eigenvalue weighted by atomic mass is 16.5. The Morgan fingerprint density at radius 2 is 1.96 bits per heavy atom. The summed E-state index contributed by atoms with van der Waals surface area (Å²) < 4.78 is 11.8. The molecule has 2 aliphatic rings. The fraction of sp³-hybridized carbons (Fsp3) is 0.455. The average molecular weight is 337 g/mol. The van der Waals surface area contributed by atoms with Gasteiger partial charge in [-0.3, -0.25) is 0 Å². The molecule has 2 aromatic carbocycles. The smallest absolute Gasteiger partial charge is 0.126 e. The van der Waals surface area contributed by atoms with Crippen molar-refractivity contribution in [3.8, 4) is 11.5 Å². The van der Waals surface area contributed by atoms with Gasteiger partial charge in [0.05, 0.1) is 13.7 Å². The lowest BCUT2D eigenvalue weighted by atomic mass is 9.76. The van der Waals surface area contributed by atoms with E-state index >= 15 is 0 Å². The van der Waals surface area contributed by atoms with Gasteiger partial charge in [-0.05, 0) is 43.0 Å². The van der Waals surface area contributed by atoms with Crippen LogP contribution in [0.3, 0.4) is 0 Å². The lowest BCUT2D eigenvalue weighted by Gasteiger charge is -2.30. The molecule has 0 spiro atoms. The van der Waals surface area contributed by atoms with E-state index in [9.17, 15) is 0 Å². The summed E-state index contributed by atoms with van der Waals surface area (Å²) in [6.45, 7) is 3.05. The second-order valence-corrected chi connectivity index (χ2v) is 7.41. The van der Waals surface area contributed by atoms with Gasteiger partial charge in [-0.2, -0.15) is 0 Å². The van der Waals surface area contributed by atoms with E-state index in [0.717, 1.165) is 36.8 Å². The summed E-state index contributed by atoms with van der Waals surface area (Å²) in [6, 6.07) is 14.8. The molecule has 2 aromatic rings. The average Bonchev–Trinajstić information content (AvgIpc) is 3.02. The third-order valence-corrected chi connectivity index (χ3v) is 5.71. The normalized spacial score (nSPS) is 22.3. The Bertz CT molecular complexity index is 728. The van der Waals surface area contributed by atoms with Gasteiger partial charge in [0.15, 0.2) is 0 Å². The number of hydrogen-bond acceptors (Lipinski definition) is 3. The van der Waals surface area contributed by atoms with Crippen molar-refractivity contribution >= 4 is 0 Å². The molecule has 1 saturated heterocycles. The van der Waals surface area contributed by atoms with Gasteiger partial charge in [-0.25, -0.2) is 0 Å². The van der Waals surface area contributed by atoms with Crippen LogP contribution in [0.25, 0.3) is 0 Å². The Morgan fingerprint density at radius 3 is 2.76 bits per heavy atom. The fourth-order valence-corrected chi connectivity index (χ4v) is 4.49. The molecule has 2 atom stereocenters. The maximum absolute atomic E-state index is 6.30. The number of hydrogen-bond donors (Lipinski definition) is 0. The van der Waals surface area contributed by atoms with Crippen LogP contribution >= 0.6 is 0 Å². The molecular formula is C22H27NO2. The van der Waals surface area contributed by atoms with Crippen molar-refractivity contribution in [2.24, 2.45) is 5.92 Å². The highest BCUT2D eigenvalue weighted by Gasteiger charge is 2.38. The van der Waals surface area contributed by atoms with E-state index < -0.39 is 0 Å². The molecule has 0 radical (unpaired) electrons. The van der Waals surface area contributed by atoms with Crippen molar-refractivity contribution in [2.75, 3.05) is 33.9 Å². The lowest BCUT2D eigenvalue weighted by molar-refractivity contribution is 0.306. The summed E-state index contributed by atoms with van der Waals surface area (Å²) in [7, 11) is 3.97. The quantitative estimate of drug-likeness (QED) is 0.826. The zero-order chi connectivity index (χ0) is 17.2. The van der Waals surface area contributed by atoms with E-state index in [-0.39, 0.29) is 0 Å². The fourth-order valence-electron chi connectivity index (χ4n) is 4.49. The van der Waals surface area contributed by atoms with E-state index in [1.54, 1.807) is 7.11 Å². The maximum atomic E-state index is 6.30. The Morgan fingerprint density at radius 1 is 1.12 bits per heavy atom. The summed E-state index contributed by atoms with van der Waals surface area (Å²) in [4.78, 5) is 2.46. The number of benzene rings is 2. The number of fused-ring (bicyclic) bond motifs is 3. The number of aryl methyl sites for hydroxylation is 1.